The van der Waals surface area contributed by atoms with Crippen LogP contribution in [0.4, 0.5) is 0 Å². The molecule has 0 aliphatic heterocycles. The van der Waals surface area contributed by atoms with Crippen LogP contribution in [-0.4, -0.2) is 42.2 Å². The van der Waals surface area contributed by atoms with Crippen molar-refractivity contribution in [3.8, 4) is 0 Å². The molecule has 0 aliphatic rings. The summed E-state index contributed by atoms with van der Waals surface area (Å²) >= 11 is 0. The first kappa shape index (κ1) is 19.3. The topological polar surface area (TPSA) is 75.6 Å². The summed E-state index contributed by atoms with van der Waals surface area (Å²) in [7, 11) is 0. The third-order valence-electron chi connectivity index (χ3n) is 3.43. The summed E-state index contributed by atoms with van der Waals surface area (Å²) in [6.07, 6.45) is 1.38. The fourth-order valence-corrected chi connectivity index (χ4v) is 2.28. The zero-order chi connectivity index (χ0) is 17.2. The van der Waals surface area contributed by atoms with Gasteiger partial charge in [0.15, 0.2) is 5.78 Å². The van der Waals surface area contributed by atoms with Crippen LogP contribution in [0.1, 0.15) is 49.5 Å². The Morgan fingerprint density at radius 2 is 1.87 bits per heavy atom. The summed E-state index contributed by atoms with van der Waals surface area (Å²) < 4.78 is 4.92. The monoisotopic (exact) mass is 321 g/mol. The first-order valence-electron chi connectivity index (χ1n) is 8.18. The lowest BCUT2D eigenvalue weighted by atomic mass is 9.99. The number of nitrogens with one attached hydrogen (secondary N) is 1. The molecule has 0 aliphatic carbocycles. The summed E-state index contributed by atoms with van der Waals surface area (Å²) in [6.45, 7) is 5.98. The molecule has 0 heterocycles. The van der Waals surface area contributed by atoms with E-state index < -0.39 is 18.1 Å². The van der Waals surface area contributed by atoms with E-state index in [0.29, 0.717) is 5.56 Å². The van der Waals surface area contributed by atoms with Crippen LogP contribution in [-0.2, 0) is 16.0 Å². The highest BCUT2D eigenvalue weighted by atomic mass is 16.5. The van der Waals surface area contributed by atoms with Gasteiger partial charge in [0.2, 0.25) is 0 Å². The lowest BCUT2D eigenvalue weighted by Crippen LogP contribution is -2.42. The van der Waals surface area contributed by atoms with Gasteiger partial charge in [-0.3, -0.25) is 9.59 Å². The second-order valence-corrected chi connectivity index (χ2v) is 5.63. The zero-order valence-corrected chi connectivity index (χ0v) is 14.2. The Kier molecular flexibility index (Phi) is 8.51. The van der Waals surface area contributed by atoms with Crippen molar-refractivity contribution in [2.45, 2.75) is 52.2 Å². The van der Waals surface area contributed by atoms with Gasteiger partial charge in [0.05, 0.1) is 25.2 Å². The maximum Gasteiger partial charge on any atom is 0.307 e. The number of aliphatic hydroxyl groups excluding tert-OH is 1. The number of hydrogen-bond acceptors (Lipinski definition) is 5. The second-order valence-electron chi connectivity index (χ2n) is 5.63. The van der Waals surface area contributed by atoms with Gasteiger partial charge in [-0.15, -0.1) is 0 Å². The van der Waals surface area contributed by atoms with Gasteiger partial charge >= 0.3 is 5.97 Å². The molecular weight excluding hydrogens is 294 g/mol. The van der Waals surface area contributed by atoms with E-state index >= 15 is 0 Å². The highest BCUT2D eigenvalue weighted by molar-refractivity contribution is 6.01. The molecule has 2 N–H and O–H groups in total. The van der Waals surface area contributed by atoms with Crippen molar-refractivity contribution in [3.63, 3.8) is 0 Å². The number of carbonyl (C=O) groups excluding carboxylic acids is 2. The molecule has 5 heteroatoms. The molecule has 23 heavy (non-hydrogen) atoms. The van der Waals surface area contributed by atoms with E-state index in [-0.39, 0.29) is 25.4 Å². The van der Waals surface area contributed by atoms with Crippen molar-refractivity contribution in [2.75, 3.05) is 13.2 Å². The number of esters is 1. The molecule has 128 valence electrons. The number of ketones is 1. The van der Waals surface area contributed by atoms with Gasteiger partial charge in [0.1, 0.15) is 0 Å². The molecule has 1 aromatic rings. The maximum absolute atomic E-state index is 12.6. The molecule has 0 fully saturated rings. The minimum atomic E-state index is -0.694. The van der Waals surface area contributed by atoms with E-state index in [0.717, 1.165) is 12.8 Å². The van der Waals surface area contributed by atoms with Crippen LogP contribution in [0.25, 0.3) is 0 Å². The number of rotatable bonds is 10. The summed E-state index contributed by atoms with van der Waals surface area (Å²) in [4.78, 5) is 24.3. The molecule has 2 atom stereocenters. The molecule has 2 unspecified atom stereocenters. The van der Waals surface area contributed by atoms with Gasteiger partial charge in [-0.1, -0.05) is 37.6 Å². The highest BCUT2D eigenvalue weighted by Crippen LogP contribution is 2.11. The van der Waals surface area contributed by atoms with Crippen molar-refractivity contribution >= 4 is 11.8 Å². The molecule has 0 saturated heterocycles. The molecule has 0 radical (unpaired) electrons. The average Bonchev–Trinajstić information content (AvgIpc) is 2.52. The Labute approximate surface area is 138 Å². The molecule has 1 aromatic carbocycles. The fraction of sp³-hybridized carbons (Fsp3) is 0.556. The molecular formula is C18H27NO4. The molecule has 0 amide bonds. The first-order chi connectivity index (χ1) is 11.0. The Morgan fingerprint density at radius 1 is 1.22 bits per heavy atom. The highest BCUT2D eigenvalue weighted by Gasteiger charge is 2.23. The van der Waals surface area contributed by atoms with Crippen LogP contribution in [0, 0.1) is 0 Å². The zero-order valence-electron chi connectivity index (χ0n) is 14.2. The molecule has 1 rings (SSSR count). The normalized spacial score (nSPS) is 13.4. The standard InChI is InChI=1S/C18H27NO4/c1-4-6-14-7-9-15(10-8-14)18(22)16(19-12-13(3)20)11-17(21)23-5-2/h7-10,13,16,19-20H,4-6,11-12H2,1-3H3. The van der Waals surface area contributed by atoms with Gasteiger partial charge in [-0.2, -0.15) is 0 Å². The Balaban J connectivity index is 2.81. The van der Waals surface area contributed by atoms with Crippen molar-refractivity contribution in [1.29, 1.82) is 0 Å². The number of aliphatic hydroxyl groups is 1. The van der Waals surface area contributed by atoms with Gasteiger partial charge in [-0.25, -0.2) is 0 Å². The lowest BCUT2D eigenvalue weighted by molar-refractivity contribution is -0.143. The first-order valence-corrected chi connectivity index (χ1v) is 8.18. The van der Waals surface area contributed by atoms with Gasteiger partial charge in [-0.05, 0) is 25.8 Å². The summed E-state index contributed by atoms with van der Waals surface area (Å²) in [5.74, 6) is -0.590. The van der Waals surface area contributed by atoms with Crippen molar-refractivity contribution < 1.29 is 19.4 Å². The van der Waals surface area contributed by atoms with Crippen LogP contribution < -0.4 is 5.32 Å². The van der Waals surface area contributed by atoms with Crippen LogP contribution in [0.15, 0.2) is 24.3 Å². The van der Waals surface area contributed by atoms with Crippen LogP contribution in [0.5, 0.6) is 0 Å². The second kappa shape index (κ2) is 10.1. The van der Waals surface area contributed by atoms with Crippen LogP contribution in [0.3, 0.4) is 0 Å². The number of hydrogen-bond donors (Lipinski definition) is 2. The SMILES string of the molecule is CCCc1ccc(C(=O)C(CC(=O)OCC)NCC(C)O)cc1. The number of benzene rings is 1. The van der Waals surface area contributed by atoms with E-state index in [4.69, 9.17) is 4.74 Å². The van der Waals surface area contributed by atoms with E-state index in [1.165, 1.54) is 5.56 Å². The molecule has 5 nitrogen and oxygen atoms in total. The summed E-state index contributed by atoms with van der Waals surface area (Å²) in [5, 5.41) is 12.3. The summed E-state index contributed by atoms with van der Waals surface area (Å²) in [5.41, 5.74) is 1.74. The minimum Gasteiger partial charge on any atom is -0.466 e. The number of aryl methyl sites for hydroxylation is 1. The van der Waals surface area contributed by atoms with Gasteiger partial charge in [0, 0.05) is 12.1 Å². The third kappa shape index (κ3) is 6.93. The number of ether oxygens (including phenoxy) is 1. The van der Waals surface area contributed by atoms with Crippen molar-refractivity contribution in [2.24, 2.45) is 0 Å². The van der Waals surface area contributed by atoms with E-state index in [1.807, 2.05) is 12.1 Å². The maximum atomic E-state index is 12.6. The van der Waals surface area contributed by atoms with E-state index in [2.05, 4.69) is 12.2 Å². The van der Waals surface area contributed by atoms with Gasteiger partial charge < -0.3 is 15.2 Å². The number of Topliss-reactive ketones (excluding diaryl/α,β-unsaturated/α-hetero) is 1. The predicted molar refractivity (Wildman–Crippen MR) is 89.5 cm³/mol. The molecule has 0 aromatic heterocycles. The molecule has 0 spiro atoms. The largest absolute Gasteiger partial charge is 0.466 e. The van der Waals surface area contributed by atoms with Crippen LogP contribution >= 0.6 is 0 Å². The van der Waals surface area contributed by atoms with E-state index in [9.17, 15) is 14.7 Å². The van der Waals surface area contributed by atoms with Crippen LogP contribution in [0.2, 0.25) is 0 Å². The fourth-order valence-electron chi connectivity index (χ4n) is 2.28. The molecule has 0 saturated carbocycles. The lowest BCUT2D eigenvalue weighted by Gasteiger charge is -2.18. The molecule has 0 bridgehead atoms. The average molecular weight is 321 g/mol. The van der Waals surface area contributed by atoms with Crippen molar-refractivity contribution in [1.82, 2.24) is 5.32 Å². The smallest absolute Gasteiger partial charge is 0.307 e. The quantitative estimate of drug-likeness (QED) is 0.510. The van der Waals surface area contributed by atoms with E-state index in [1.54, 1.807) is 26.0 Å². The Hall–Kier alpha value is -1.72. The Bertz CT molecular complexity index is 496. The van der Waals surface area contributed by atoms with Gasteiger partial charge in [0.25, 0.3) is 0 Å². The Morgan fingerprint density at radius 3 is 2.39 bits per heavy atom. The minimum absolute atomic E-state index is 0.0455. The number of carbonyl (C=O) groups is 2. The third-order valence-corrected chi connectivity index (χ3v) is 3.43. The summed E-state index contributed by atoms with van der Waals surface area (Å²) in [6, 6.07) is 6.76. The predicted octanol–water partition coefficient (Wildman–Crippen LogP) is 2.11. The van der Waals surface area contributed by atoms with Crippen molar-refractivity contribution in [3.05, 3.63) is 35.4 Å².